The number of rotatable bonds is 6. The van der Waals surface area contributed by atoms with Gasteiger partial charge in [-0.2, -0.15) is 0 Å². The molecule has 4 N–H and O–H groups in total. The standard InChI is InChI=1S/C16H20N2O5.ClH/c1-9-15(22)13(6-20)12(4-17-9)8-23-16-10(2)18-3-11(5-19)14(16)7-21;/h3-4,19-22H,5-8H2,1-2H3;1H. The molecule has 0 spiro atoms. The summed E-state index contributed by atoms with van der Waals surface area (Å²) in [4.78, 5) is 8.19. The fraction of sp³-hybridized carbons (Fsp3) is 0.375. The molecule has 0 aliphatic carbocycles. The van der Waals surface area contributed by atoms with Gasteiger partial charge in [-0.3, -0.25) is 9.97 Å². The van der Waals surface area contributed by atoms with Gasteiger partial charge in [-0.25, -0.2) is 0 Å². The zero-order valence-corrected chi connectivity index (χ0v) is 14.3. The lowest BCUT2D eigenvalue weighted by Gasteiger charge is -2.16. The van der Waals surface area contributed by atoms with Crippen molar-refractivity contribution in [2.24, 2.45) is 0 Å². The van der Waals surface area contributed by atoms with Crippen molar-refractivity contribution in [2.75, 3.05) is 0 Å². The van der Waals surface area contributed by atoms with Crippen molar-refractivity contribution >= 4 is 12.4 Å². The number of aliphatic hydroxyl groups excluding tert-OH is 3. The van der Waals surface area contributed by atoms with Gasteiger partial charge >= 0.3 is 0 Å². The lowest BCUT2D eigenvalue weighted by Crippen LogP contribution is -2.08. The Kier molecular flexibility index (Phi) is 7.37. The first-order chi connectivity index (χ1) is 11.0. The van der Waals surface area contributed by atoms with Crippen molar-refractivity contribution < 1.29 is 25.2 Å². The van der Waals surface area contributed by atoms with Crippen LogP contribution in [-0.4, -0.2) is 30.4 Å². The molecule has 0 atom stereocenters. The third-order valence-corrected chi connectivity index (χ3v) is 3.69. The van der Waals surface area contributed by atoms with Gasteiger partial charge in [-0.1, -0.05) is 0 Å². The molecule has 2 aromatic heterocycles. The van der Waals surface area contributed by atoms with E-state index in [1.165, 1.54) is 12.4 Å². The highest BCUT2D eigenvalue weighted by Gasteiger charge is 2.16. The second-order valence-corrected chi connectivity index (χ2v) is 5.14. The molecule has 0 aliphatic heterocycles. The van der Waals surface area contributed by atoms with Gasteiger partial charge in [0, 0.05) is 34.6 Å². The zero-order valence-electron chi connectivity index (χ0n) is 13.5. The van der Waals surface area contributed by atoms with E-state index < -0.39 is 0 Å². The Hall–Kier alpha value is -1.93. The molecule has 0 aliphatic rings. The van der Waals surface area contributed by atoms with Gasteiger partial charge in [0.05, 0.1) is 31.2 Å². The highest BCUT2D eigenvalue weighted by atomic mass is 35.5. The number of pyridine rings is 2. The zero-order chi connectivity index (χ0) is 17.0. The minimum Gasteiger partial charge on any atom is -0.506 e. The predicted octanol–water partition coefficient (Wildman–Crippen LogP) is 1.28. The summed E-state index contributed by atoms with van der Waals surface area (Å²) in [5.74, 6) is 0.318. The molecule has 0 saturated carbocycles. The predicted molar refractivity (Wildman–Crippen MR) is 89.0 cm³/mol. The molecular formula is C16H21ClN2O5. The SMILES string of the molecule is Cc1ncc(COc2c(C)ncc(CO)c2CO)c(CO)c1O.Cl. The van der Waals surface area contributed by atoms with E-state index in [-0.39, 0.29) is 44.6 Å². The molecule has 0 bridgehead atoms. The first-order valence-electron chi connectivity index (χ1n) is 7.12. The van der Waals surface area contributed by atoms with Crippen LogP contribution in [0.25, 0.3) is 0 Å². The van der Waals surface area contributed by atoms with E-state index in [4.69, 9.17) is 4.74 Å². The summed E-state index contributed by atoms with van der Waals surface area (Å²) >= 11 is 0. The number of aromatic nitrogens is 2. The number of aliphatic hydroxyl groups is 3. The summed E-state index contributed by atoms with van der Waals surface area (Å²) in [7, 11) is 0. The summed E-state index contributed by atoms with van der Waals surface area (Å²) in [6.07, 6.45) is 3.02. The molecule has 7 nitrogen and oxygen atoms in total. The number of ether oxygens (including phenoxy) is 1. The summed E-state index contributed by atoms with van der Waals surface area (Å²) in [5, 5.41) is 38.2. The molecular weight excluding hydrogens is 336 g/mol. The molecule has 2 aromatic rings. The largest absolute Gasteiger partial charge is 0.506 e. The van der Waals surface area contributed by atoms with E-state index >= 15 is 0 Å². The summed E-state index contributed by atoms with van der Waals surface area (Å²) < 4.78 is 5.73. The van der Waals surface area contributed by atoms with E-state index in [1.807, 2.05) is 0 Å². The lowest BCUT2D eigenvalue weighted by molar-refractivity contribution is 0.238. The van der Waals surface area contributed by atoms with Gasteiger partial charge in [0.2, 0.25) is 0 Å². The maximum absolute atomic E-state index is 9.95. The summed E-state index contributed by atoms with van der Waals surface area (Å²) in [6.45, 7) is 2.53. The Morgan fingerprint density at radius 1 is 0.875 bits per heavy atom. The maximum Gasteiger partial charge on any atom is 0.146 e. The van der Waals surface area contributed by atoms with Crippen LogP contribution in [0.4, 0.5) is 0 Å². The minimum absolute atomic E-state index is 0. The highest BCUT2D eigenvalue weighted by Crippen LogP contribution is 2.28. The van der Waals surface area contributed by atoms with E-state index in [0.29, 0.717) is 39.4 Å². The molecule has 0 aromatic carbocycles. The first kappa shape index (κ1) is 20.1. The third kappa shape index (κ3) is 3.93. The second kappa shape index (κ2) is 8.79. The molecule has 2 heterocycles. The van der Waals surface area contributed by atoms with Gasteiger partial charge in [0.15, 0.2) is 0 Å². The van der Waals surface area contributed by atoms with Crippen LogP contribution in [0.5, 0.6) is 11.5 Å². The number of hydrogen-bond acceptors (Lipinski definition) is 7. The number of aryl methyl sites for hydroxylation is 2. The summed E-state index contributed by atoms with van der Waals surface area (Å²) in [6, 6.07) is 0. The molecule has 0 amide bonds. The normalized spacial score (nSPS) is 10.4. The monoisotopic (exact) mass is 356 g/mol. The molecule has 0 fully saturated rings. The Morgan fingerprint density at radius 3 is 2.04 bits per heavy atom. The van der Waals surface area contributed by atoms with Crippen LogP contribution in [0.15, 0.2) is 12.4 Å². The van der Waals surface area contributed by atoms with Crippen molar-refractivity contribution in [2.45, 2.75) is 40.3 Å². The number of nitrogens with zero attached hydrogens (tertiary/aromatic N) is 2. The average Bonchev–Trinajstić information content (AvgIpc) is 2.56. The quantitative estimate of drug-likeness (QED) is 0.616. The molecule has 2 rings (SSSR count). The Balaban J connectivity index is 0.00000288. The van der Waals surface area contributed by atoms with E-state index in [2.05, 4.69) is 9.97 Å². The minimum atomic E-state index is -0.339. The third-order valence-electron chi connectivity index (χ3n) is 3.69. The van der Waals surface area contributed by atoms with Gasteiger partial charge in [-0.05, 0) is 13.8 Å². The van der Waals surface area contributed by atoms with Gasteiger partial charge in [-0.15, -0.1) is 12.4 Å². The van der Waals surface area contributed by atoms with Crippen molar-refractivity contribution in [1.29, 1.82) is 0 Å². The van der Waals surface area contributed by atoms with Crippen molar-refractivity contribution in [3.8, 4) is 11.5 Å². The van der Waals surface area contributed by atoms with Crippen LogP contribution in [0.2, 0.25) is 0 Å². The highest BCUT2D eigenvalue weighted by molar-refractivity contribution is 5.85. The molecule has 0 radical (unpaired) electrons. The lowest BCUT2D eigenvalue weighted by atomic mass is 10.1. The maximum atomic E-state index is 9.95. The second-order valence-electron chi connectivity index (χ2n) is 5.14. The molecule has 8 heteroatoms. The fourth-order valence-electron chi connectivity index (χ4n) is 2.31. The van der Waals surface area contributed by atoms with Gasteiger partial charge in [0.25, 0.3) is 0 Å². The molecule has 132 valence electrons. The average molecular weight is 357 g/mol. The van der Waals surface area contributed by atoms with Gasteiger partial charge in [0.1, 0.15) is 18.1 Å². The molecule has 24 heavy (non-hydrogen) atoms. The van der Waals surface area contributed by atoms with E-state index in [0.717, 1.165) is 0 Å². The van der Waals surface area contributed by atoms with Crippen molar-refractivity contribution in [3.63, 3.8) is 0 Å². The van der Waals surface area contributed by atoms with Crippen molar-refractivity contribution in [1.82, 2.24) is 9.97 Å². The van der Waals surface area contributed by atoms with Gasteiger partial charge < -0.3 is 25.2 Å². The Labute approximate surface area is 146 Å². The smallest absolute Gasteiger partial charge is 0.146 e. The topological polar surface area (TPSA) is 116 Å². The van der Waals surface area contributed by atoms with E-state index in [1.54, 1.807) is 13.8 Å². The van der Waals surface area contributed by atoms with Crippen LogP contribution in [0, 0.1) is 13.8 Å². The number of hydrogen-bond donors (Lipinski definition) is 4. The van der Waals surface area contributed by atoms with Crippen LogP contribution in [-0.2, 0) is 26.4 Å². The van der Waals surface area contributed by atoms with Crippen LogP contribution >= 0.6 is 12.4 Å². The molecule has 0 unspecified atom stereocenters. The Bertz CT molecular complexity index is 709. The fourth-order valence-corrected chi connectivity index (χ4v) is 2.31. The van der Waals surface area contributed by atoms with Crippen molar-refractivity contribution in [3.05, 3.63) is 46.0 Å². The van der Waals surface area contributed by atoms with E-state index in [9.17, 15) is 20.4 Å². The van der Waals surface area contributed by atoms with Crippen LogP contribution < -0.4 is 4.74 Å². The molecule has 0 saturated heterocycles. The van der Waals surface area contributed by atoms with Crippen LogP contribution in [0.1, 0.15) is 33.6 Å². The van der Waals surface area contributed by atoms with Crippen LogP contribution in [0.3, 0.4) is 0 Å². The number of halogens is 1. The first-order valence-corrected chi connectivity index (χ1v) is 7.12. The Morgan fingerprint density at radius 2 is 1.46 bits per heavy atom. The number of aromatic hydroxyl groups is 1. The summed E-state index contributed by atoms with van der Waals surface area (Å²) in [5.41, 5.74) is 2.84.